The Balaban J connectivity index is 0.965. The van der Waals surface area contributed by atoms with Crippen molar-refractivity contribution in [2.45, 2.75) is 185 Å². The van der Waals surface area contributed by atoms with Gasteiger partial charge in [-0.05, 0) is 120 Å². The number of epoxide rings is 1. The van der Waals surface area contributed by atoms with Gasteiger partial charge in [-0.2, -0.15) is 5.06 Å². The summed E-state index contributed by atoms with van der Waals surface area (Å²) in [5.41, 5.74) is 1.77. The monoisotopic (exact) mass is 816 g/mol. The van der Waals surface area contributed by atoms with E-state index < -0.39 is 71.1 Å². The first-order valence-electron chi connectivity index (χ1n) is 22.6. The van der Waals surface area contributed by atoms with Crippen LogP contribution in [0.25, 0.3) is 6.08 Å². The summed E-state index contributed by atoms with van der Waals surface area (Å²) in [7, 11) is 0. The van der Waals surface area contributed by atoms with E-state index in [0.717, 1.165) is 68.9 Å². The number of carbonyl (C=O) groups excluding carboxylic acids is 3. The standard InChI is InChI=1S/C47H64N2O10/c1-43(2,3)56-36(51)18-16-31(25-50)48-42(53)46-23-34-37-38(58-47(57-37,29-12-13-29)30-14-15-30)40(46)59-49(39(46)41(52)54-34)24-28-10-8-7-9-26(28)21-27-11-17-35-45(6,55-35)20-19-33-32(27)22-44(33,4)5/h7-10,21,29-35,37-40,50H,11-20,22-25H2,1-6H3,(H,48,53)/t31-,32+,33+,34+,35?,37-,38-,39-,40+,45+,46-/m0/s1. The molecule has 5 saturated carbocycles. The van der Waals surface area contributed by atoms with E-state index in [1.165, 1.54) is 5.57 Å². The maximum Gasteiger partial charge on any atom is 0.327 e. The third kappa shape index (κ3) is 6.90. The van der Waals surface area contributed by atoms with Crippen molar-refractivity contribution in [1.82, 2.24) is 10.4 Å². The van der Waals surface area contributed by atoms with Gasteiger partial charge in [-0.3, -0.25) is 19.2 Å². The zero-order valence-corrected chi connectivity index (χ0v) is 35.7. The van der Waals surface area contributed by atoms with Crippen molar-refractivity contribution < 1.29 is 48.0 Å². The minimum absolute atomic E-state index is 0.00264. The lowest BCUT2D eigenvalue weighted by atomic mass is 9.52. The SMILES string of the molecule is CC(C)(C)OC(=O)CC[C@@H](CO)NC(=O)[C@@]12C[C@H]3OC(=O)[C@@H]1N(Cc1ccccc1C=C1CCC4O[C@]4(C)CC[C@@H]4[C@@H]1CC4(C)C)O[C@@H]2[C@H]1OC(C2CC2)(C2CC2)O[C@H]13. The number of nitrogens with zero attached hydrogens (tertiary/aromatic N) is 1. The van der Waals surface area contributed by atoms with Gasteiger partial charge in [0.05, 0.1) is 30.9 Å². The van der Waals surface area contributed by atoms with Crippen molar-refractivity contribution in [1.29, 1.82) is 0 Å². The fourth-order valence-electron chi connectivity index (χ4n) is 12.3. The van der Waals surface area contributed by atoms with Crippen LogP contribution in [-0.2, 0) is 49.5 Å². The smallest absolute Gasteiger partial charge is 0.327 e. The van der Waals surface area contributed by atoms with Crippen molar-refractivity contribution in [3.05, 3.63) is 41.0 Å². The Morgan fingerprint density at radius 1 is 1.00 bits per heavy atom. The van der Waals surface area contributed by atoms with E-state index >= 15 is 4.79 Å². The molecule has 0 radical (unpaired) electrons. The van der Waals surface area contributed by atoms with Crippen LogP contribution in [-0.4, -0.2) is 94.2 Å². The number of amides is 1. The van der Waals surface area contributed by atoms with E-state index in [9.17, 15) is 14.7 Å². The molecule has 1 unspecified atom stereocenters. The van der Waals surface area contributed by atoms with Crippen molar-refractivity contribution in [2.24, 2.45) is 34.5 Å². The second-order valence-electron chi connectivity index (χ2n) is 21.5. The summed E-state index contributed by atoms with van der Waals surface area (Å²) in [6, 6.07) is 6.49. The summed E-state index contributed by atoms with van der Waals surface area (Å²) < 4.78 is 32.0. The highest BCUT2D eigenvalue weighted by molar-refractivity contribution is 5.94. The minimum Gasteiger partial charge on any atom is -0.460 e. The Morgan fingerprint density at radius 3 is 2.42 bits per heavy atom. The number of aliphatic hydroxyl groups excluding tert-OH is 1. The van der Waals surface area contributed by atoms with E-state index in [4.69, 9.17) is 28.5 Å². The number of fused-ring (bicyclic) bond motifs is 6. The molecule has 12 heteroatoms. The van der Waals surface area contributed by atoms with Gasteiger partial charge in [-0.25, -0.2) is 0 Å². The minimum atomic E-state index is -1.39. The molecule has 4 aliphatic heterocycles. The van der Waals surface area contributed by atoms with Gasteiger partial charge >= 0.3 is 11.9 Å². The second-order valence-corrected chi connectivity index (χ2v) is 21.5. The summed E-state index contributed by atoms with van der Waals surface area (Å²) in [6.07, 6.45) is 9.83. The first-order valence-corrected chi connectivity index (χ1v) is 22.6. The molecule has 2 bridgehead atoms. The summed E-state index contributed by atoms with van der Waals surface area (Å²) in [5, 5.41) is 15.2. The quantitative estimate of drug-likeness (QED) is 0.196. The van der Waals surface area contributed by atoms with Gasteiger partial charge in [0.15, 0.2) is 11.8 Å². The molecule has 4 saturated heterocycles. The molecule has 9 aliphatic rings. The van der Waals surface area contributed by atoms with Crippen LogP contribution >= 0.6 is 0 Å². The average Bonchev–Trinajstić information content (AvgIpc) is 4.12. The predicted molar refractivity (Wildman–Crippen MR) is 215 cm³/mol. The summed E-state index contributed by atoms with van der Waals surface area (Å²) >= 11 is 0. The number of hydrogen-bond acceptors (Lipinski definition) is 11. The Hall–Kier alpha value is -2.87. The molecule has 10 rings (SSSR count). The molecular formula is C47H64N2O10. The second kappa shape index (κ2) is 14.1. The molecular weight excluding hydrogens is 753 g/mol. The maximum absolute atomic E-state index is 15.0. The van der Waals surface area contributed by atoms with E-state index in [1.54, 1.807) is 25.8 Å². The molecule has 1 aromatic carbocycles. The molecule has 0 spiro atoms. The van der Waals surface area contributed by atoms with Crippen molar-refractivity contribution >= 4 is 23.9 Å². The van der Waals surface area contributed by atoms with Gasteiger partial charge < -0.3 is 34.1 Å². The van der Waals surface area contributed by atoms with E-state index in [2.05, 4.69) is 50.4 Å². The topological polar surface area (TPSA) is 145 Å². The molecule has 9 fully saturated rings. The highest BCUT2D eigenvalue weighted by Gasteiger charge is 2.78. The largest absolute Gasteiger partial charge is 0.460 e. The van der Waals surface area contributed by atoms with Gasteiger partial charge in [0.2, 0.25) is 5.91 Å². The van der Waals surface area contributed by atoms with Crippen LogP contribution in [0.1, 0.15) is 130 Å². The third-order valence-electron chi connectivity index (χ3n) is 15.7. The van der Waals surface area contributed by atoms with E-state index in [0.29, 0.717) is 17.9 Å². The fourth-order valence-corrected chi connectivity index (χ4v) is 12.3. The zero-order valence-electron chi connectivity index (χ0n) is 35.7. The number of benzene rings is 1. The Bertz CT molecular complexity index is 1890. The summed E-state index contributed by atoms with van der Waals surface area (Å²) in [4.78, 5) is 49.2. The van der Waals surface area contributed by atoms with Gasteiger partial charge in [0.1, 0.15) is 35.4 Å². The van der Waals surface area contributed by atoms with Crippen LogP contribution in [0.2, 0.25) is 0 Å². The van der Waals surface area contributed by atoms with Crippen LogP contribution < -0.4 is 5.32 Å². The first kappa shape index (κ1) is 40.2. The number of ether oxygens (including phenoxy) is 5. The van der Waals surface area contributed by atoms with Crippen LogP contribution in [0.3, 0.4) is 0 Å². The maximum atomic E-state index is 15.0. The Kier molecular flexibility index (Phi) is 9.59. The van der Waals surface area contributed by atoms with Gasteiger partial charge in [-0.1, -0.05) is 49.8 Å². The number of carbonyl (C=O) groups is 3. The number of hydrogen-bond donors (Lipinski definition) is 2. The van der Waals surface area contributed by atoms with Crippen molar-refractivity contribution in [2.75, 3.05) is 6.61 Å². The average molecular weight is 817 g/mol. The molecule has 1 aromatic rings. The molecule has 12 nitrogen and oxygen atoms in total. The molecule has 4 heterocycles. The number of nitrogens with one attached hydrogen (secondary N) is 1. The zero-order chi connectivity index (χ0) is 41.3. The van der Waals surface area contributed by atoms with Gasteiger partial charge in [0, 0.05) is 24.7 Å². The van der Waals surface area contributed by atoms with Crippen molar-refractivity contribution in [3.63, 3.8) is 0 Å². The van der Waals surface area contributed by atoms with E-state index in [1.807, 2.05) is 6.07 Å². The first-order chi connectivity index (χ1) is 28.0. The van der Waals surface area contributed by atoms with Crippen LogP contribution in [0.4, 0.5) is 0 Å². The number of allylic oxidation sites excluding steroid dienone is 1. The number of rotatable bonds is 11. The lowest BCUT2D eigenvalue weighted by Crippen LogP contribution is -2.70. The van der Waals surface area contributed by atoms with Crippen LogP contribution in [0, 0.1) is 34.5 Å². The highest BCUT2D eigenvalue weighted by atomic mass is 16.8. The normalized spacial score (nSPS) is 40.3. The number of esters is 2. The number of aliphatic hydroxyl groups is 1. The molecule has 0 aromatic heterocycles. The van der Waals surface area contributed by atoms with E-state index in [-0.39, 0.29) is 55.3 Å². The molecule has 2 N–H and O–H groups in total. The highest BCUT2D eigenvalue weighted by Crippen LogP contribution is 2.64. The van der Waals surface area contributed by atoms with Gasteiger partial charge in [0.25, 0.3) is 0 Å². The lowest BCUT2D eigenvalue weighted by molar-refractivity contribution is -0.235. The lowest BCUT2D eigenvalue weighted by Gasteiger charge is -2.53. The molecule has 59 heavy (non-hydrogen) atoms. The predicted octanol–water partition coefficient (Wildman–Crippen LogP) is 6.16. The summed E-state index contributed by atoms with van der Waals surface area (Å²) in [6.45, 7) is 12.4. The fraction of sp³-hybridized carbons (Fsp3) is 0.766. The van der Waals surface area contributed by atoms with Crippen molar-refractivity contribution in [3.8, 4) is 0 Å². The molecule has 1 amide bonds. The van der Waals surface area contributed by atoms with Crippen LogP contribution in [0.5, 0.6) is 0 Å². The number of hydroxylamine groups is 2. The molecule has 322 valence electrons. The Labute approximate surface area is 348 Å². The van der Waals surface area contributed by atoms with Crippen LogP contribution in [0.15, 0.2) is 29.8 Å². The third-order valence-corrected chi connectivity index (χ3v) is 15.7. The molecule has 11 atom stereocenters. The Morgan fingerprint density at radius 2 is 1.73 bits per heavy atom. The van der Waals surface area contributed by atoms with Gasteiger partial charge in [-0.15, -0.1) is 0 Å². The molecule has 5 aliphatic carbocycles. The summed E-state index contributed by atoms with van der Waals surface area (Å²) in [5.74, 6) is -0.467.